The van der Waals surface area contributed by atoms with Crippen LogP contribution < -0.4 is 5.32 Å². The van der Waals surface area contributed by atoms with Crippen LogP contribution in [-0.4, -0.2) is 19.0 Å². The maximum atomic E-state index is 11.9. The molecule has 0 saturated heterocycles. The Bertz CT molecular complexity index is 617. The zero-order chi connectivity index (χ0) is 14.0. The summed E-state index contributed by atoms with van der Waals surface area (Å²) in [5, 5.41) is 2.63. The number of hydrogen-bond acceptors (Lipinski definition) is 3. The van der Waals surface area contributed by atoms with Gasteiger partial charge in [-0.05, 0) is 30.7 Å². The summed E-state index contributed by atoms with van der Waals surface area (Å²) in [6.45, 7) is 1.67. The number of hydrogen-bond donors (Lipinski definition) is 1. The molecule has 0 radical (unpaired) electrons. The first-order valence-electron chi connectivity index (χ1n) is 5.61. The number of carbonyl (C=O) groups excluding carboxylic acids is 2. The van der Waals surface area contributed by atoms with Gasteiger partial charge in [-0.2, -0.15) is 0 Å². The third-order valence-corrected chi connectivity index (χ3v) is 3.23. The van der Waals surface area contributed by atoms with Crippen LogP contribution in [0.1, 0.15) is 12.5 Å². The van der Waals surface area contributed by atoms with Crippen molar-refractivity contribution in [3.8, 4) is 0 Å². The minimum atomic E-state index is -0.517. The van der Waals surface area contributed by atoms with Crippen LogP contribution in [0, 0.1) is 0 Å². The Kier molecular flexibility index (Phi) is 3.85. The molecule has 0 unspecified atom stereocenters. The first-order valence-corrected chi connectivity index (χ1v) is 6.40. The summed E-state index contributed by atoms with van der Waals surface area (Å²) in [4.78, 5) is 23.6. The third-order valence-electron chi connectivity index (χ3n) is 2.74. The van der Waals surface area contributed by atoms with E-state index in [2.05, 4.69) is 21.2 Å². The highest BCUT2D eigenvalue weighted by Crippen LogP contribution is 2.25. The summed E-state index contributed by atoms with van der Waals surface area (Å²) in [5.74, 6) is -0.810. The molecule has 1 aromatic rings. The standard InChI is InChI=1S/C14H12BrNO3/c1-8-12(14(18)19-2)11(13(17)16-8)7-9-4-3-5-10(15)6-9/h3-7H,1-2H3,(H,16,17)/b11-7-. The number of amides is 1. The minimum Gasteiger partial charge on any atom is -0.465 e. The number of halogens is 1. The number of carbonyl (C=O) groups is 2. The van der Waals surface area contributed by atoms with E-state index in [0.29, 0.717) is 11.3 Å². The maximum absolute atomic E-state index is 11.9. The molecule has 0 aromatic heterocycles. The lowest BCUT2D eigenvalue weighted by atomic mass is 10.0. The average Bonchev–Trinajstić information content (AvgIpc) is 2.63. The molecule has 1 aliphatic heterocycles. The quantitative estimate of drug-likeness (QED) is 0.672. The fraction of sp³-hybridized carbons (Fsp3) is 0.143. The van der Waals surface area contributed by atoms with E-state index < -0.39 is 5.97 Å². The molecule has 0 saturated carbocycles. The molecule has 0 aliphatic carbocycles. The van der Waals surface area contributed by atoms with Gasteiger partial charge in [0.25, 0.3) is 5.91 Å². The van der Waals surface area contributed by atoms with Crippen LogP contribution >= 0.6 is 15.9 Å². The molecule has 0 fully saturated rings. The molecule has 0 atom stereocenters. The van der Waals surface area contributed by atoms with Crippen molar-refractivity contribution < 1.29 is 14.3 Å². The molecule has 2 rings (SSSR count). The summed E-state index contributed by atoms with van der Waals surface area (Å²) in [6, 6.07) is 7.47. The highest BCUT2D eigenvalue weighted by Gasteiger charge is 2.30. The number of ether oxygens (including phenoxy) is 1. The minimum absolute atomic E-state index is 0.285. The van der Waals surface area contributed by atoms with E-state index in [1.54, 1.807) is 13.0 Å². The number of esters is 1. The van der Waals surface area contributed by atoms with Gasteiger partial charge in [-0.3, -0.25) is 4.79 Å². The van der Waals surface area contributed by atoms with E-state index in [1.165, 1.54) is 7.11 Å². The van der Waals surface area contributed by atoms with Crippen LogP contribution in [0.5, 0.6) is 0 Å². The van der Waals surface area contributed by atoms with Gasteiger partial charge < -0.3 is 10.1 Å². The zero-order valence-corrected chi connectivity index (χ0v) is 12.1. The SMILES string of the molecule is COC(=O)C1=C(C)NC(=O)/C1=C\c1cccc(Br)c1. The topological polar surface area (TPSA) is 55.4 Å². The van der Waals surface area contributed by atoms with Crippen molar-refractivity contribution in [1.29, 1.82) is 0 Å². The van der Waals surface area contributed by atoms with Crippen LogP contribution in [0.2, 0.25) is 0 Å². The Labute approximate surface area is 119 Å². The van der Waals surface area contributed by atoms with Crippen LogP contribution in [0.25, 0.3) is 6.08 Å². The molecular formula is C14H12BrNO3. The molecule has 1 heterocycles. The van der Waals surface area contributed by atoms with E-state index in [-0.39, 0.29) is 11.5 Å². The van der Waals surface area contributed by atoms with Crippen molar-refractivity contribution in [2.24, 2.45) is 0 Å². The second-order valence-electron chi connectivity index (χ2n) is 4.06. The lowest BCUT2D eigenvalue weighted by Crippen LogP contribution is -2.15. The second kappa shape index (κ2) is 5.40. The summed E-state index contributed by atoms with van der Waals surface area (Å²) < 4.78 is 5.61. The van der Waals surface area contributed by atoms with Crippen molar-refractivity contribution in [3.05, 3.63) is 51.1 Å². The molecule has 1 amide bonds. The Morgan fingerprint density at radius 3 is 2.79 bits per heavy atom. The third kappa shape index (κ3) is 2.76. The summed E-state index contributed by atoms with van der Waals surface area (Å²) in [6.07, 6.45) is 1.67. The van der Waals surface area contributed by atoms with Gasteiger partial charge in [-0.15, -0.1) is 0 Å². The first-order chi connectivity index (χ1) is 9.02. The van der Waals surface area contributed by atoms with Crippen molar-refractivity contribution in [1.82, 2.24) is 5.32 Å². The molecule has 1 N–H and O–H groups in total. The zero-order valence-electron chi connectivity index (χ0n) is 10.5. The van der Waals surface area contributed by atoms with Gasteiger partial charge in [-0.1, -0.05) is 28.1 Å². The fourth-order valence-electron chi connectivity index (χ4n) is 1.88. The molecule has 0 spiro atoms. The summed E-state index contributed by atoms with van der Waals surface area (Å²) in [5.41, 5.74) is 1.95. The fourth-order valence-corrected chi connectivity index (χ4v) is 2.30. The normalized spacial score (nSPS) is 16.8. The van der Waals surface area contributed by atoms with Gasteiger partial charge in [0.05, 0.1) is 18.3 Å². The Morgan fingerprint density at radius 2 is 2.16 bits per heavy atom. The van der Waals surface area contributed by atoms with E-state index in [9.17, 15) is 9.59 Å². The molecule has 19 heavy (non-hydrogen) atoms. The molecule has 98 valence electrons. The highest BCUT2D eigenvalue weighted by atomic mass is 79.9. The van der Waals surface area contributed by atoms with E-state index in [0.717, 1.165) is 10.0 Å². The first kappa shape index (κ1) is 13.5. The van der Waals surface area contributed by atoms with Crippen molar-refractivity contribution >= 4 is 33.9 Å². The predicted molar refractivity (Wildman–Crippen MR) is 75.0 cm³/mol. The van der Waals surface area contributed by atoms with Gasteiger partial charge in [0.15, 0.2) is 0 Å². The molecule has 5 heteroatoms. The van der Waals surface area contributed by atoms with Gasteiger partial charge in [0.2, 0.25) is 0 Å². The monoisotopic (exact) mass is 321 g/mol. The number of benzene rings is 1. The Balaban J connectivity index is 2.47. The van der Waals surface area contributed by atoms with Crippen LogP contribution in [-0.2, 0) is 14.3 Å². The highest BCUT2D eigenvalue weighted by molar-refractivity contribution is 9.10. The Morgan fingerprint density at radius 1 is 1.42 bits per heavy atom. The lowest BCUT2D eigenvalue weighted by molar-refractivity contribution is -0.136. The summed E-state index contributed by atoms with van der Waals surface area (Å²) >= 11 is 3.36. The maximum Gasteiger partial charge on any atom is 0.340 e. The van der Waals surface area contributed by atoms with Gasteiger partial charge in [-0.25, -0.2) is 4.79 Å². The second-order valence-corrected chi connectivity index (χ2v) is 4.97. The van der Waals surface area contributed by atoms with Crippen LogP contribution in [0.4, 0.5) is 0 Å². The van der Waals surface area contributed by atoms with Crippen LogP contribution in [0.15, 0.2) is 45.6 Å². The van der Waals surface area contributed by atoms with Gasteiger partial charge in [0, 0.05) is 10.2 Å². The van der Waals surface area contributed by atoms with Crippen molar-refractivity contribution in [3.63, 3.8) is 0 Å². The lowest BCUT2D eigenvalue weighted by Gasteiger charge is -2.02. The molecule has 0 bridgehead atoms. The smallest absolute Gasteiger partial charge is 0.340 e. The van der Waals surface area contributed by atoms with Gasteiger partial charge in [0.1, 0.15) is 0 Å². The number of nitrogens with one attached hydrogen (secondary N) is 1. The van der Waals surface area contributed by atoms with Crippen LogP contribution in [0.3, 0.4) is 0 Å². The molecule has 4 nitrogen and oxygen atoms in total. The number of rotatable bonds is 2. The predicted octanol–water partition coefficient (Wildman–Crippen LogP) is 2.41. The van der Waals surface area contributed by atoms with Crippen molar-refractivity contribution in [2.75, 3.05) is 7.11 Å². The van der Waals surface area contributed by atoms with E-state index in [4.69, 9.17) is 4.74 Å². The summed E-state index contributed by atoms with van der Waals surface area (Å²) in [7, 11) is 1.29. The molecule has 1 aliphatic rings. The van der Waals surface area contributed by atoms with E-state index in [1.807, 2.05) is 24.3 Å². The molecular weight excluding hydrogens is 310 g/mol. The van der Waals surface area contributed by atoms with Gasteiger partial charge >= 0.3 is 5.97 Å². The Hall–Kier alpha value is -1.88. The average molecular weight is 322 g/mol. The van der Waals surface area contributed by atoms with E-state index >= 15 is 0 Å². The number of allylic oxidation sites excluding steroid dienone is 1. The number of methoxy groups -OCH3 is 1. The molecule has 1 aromatic carbocycles. The van der Waals surface area contributed by atoms with Crippen molar-refractivity contribution in [2.45, 2.75) is 6.92 Å². The largest absolute Gasteiger partial charge is 0.465 e.